The Hall–Kier alpha value is -1.26. The van der Waals surface area contributed by atoms with Crippen LogP contribution in [0.2, 0.25) is 0 Å². The zero-order chi connectivity index (χ0) is 13.2. The lowest BCUT2D eigenvalue weighted by molar-refractivity contribution is 0.180. The van der Waals surface area contributed by atoms with Crippen molar-refractivity contribution in [2.45, 2.75) is 12.5 Å². The van der Waals surface area contributed by atoms with Crippen molar-refractivity contribution >= 4 is 11.4 Å². The van der Waals surface area contributed by atoms with E-state index in [4.69, 9.17) is 10.5 Å². The van der Waals surface area contributed by atoms with E-state index in [0.717, 1.165) is 32.7 Å². The van der Waals surface area contributed by atoms with Crippen molar-refractivity contribution in [3.8, 4) is 0 Å². The fraction of sp³-hybridized carbons (Fsp3) is 0.600. The number of ether oxygens (including phenoxy) is 1. The Balaban J connectivity index is 1.90. The van der Waals surface area contributed by atoms with Crippen LogP contribution in [0.15, 0.2) is 24.3 Å². The zero-order valence-electron chi connectivity index (χ0n) is 11.6. The van der Waals surface area contributed by atoms with Crippen LogP contribution in [0.25, 0.3) is 0 Å². The molecule has 104 valence electrons. The highest BCUT2D eigenvalue weighted by atomic mass is 16.5. The van der Waals surface area contributed by atoms with Crippen molar-refractivity contribution in [3.63, 3.8) is 0 Å². The summed E-state index contributed by atoms with van der Waals surface area (Å²) in [6.07, 6.45) is 1.14. The van der Waals surface area contributed by atoms with Crippen LogP contribution in [0.5, 0.6) is 0 Å². The van der Waals surface area contributed by atoms with Gasteiger partial charge < -0.3 is 20.3 Å². The zero-order valence-corrected chi connectivity index (χ0v) is 11.6. The molecule has 0 bridgehead atoms. The first kappa shape index (κ1) is 12.8. The number of nitrogens with zero attached hydrogens (tertiary/aromatic N) is 2. The predicted molar refractivity (Wildman–Crippen MR) is 78.8 cm³/mol. The molecule has 2 aliphatic rings. The second-order valence-electron chi connectivity index (χ2n) is 5.53. The van der Waals surface area contributed by atoms with Crippen molar-refractivity contribution in [3.05, 3.63) is 24.3 Å². The van der Waals surface area contributed by atoms with Gasteiger partial charge in [0.25, 0.3) is 0 Å². The van der Waals surface area contributed by atoms with E-state index in [1.54, 1.807) is 0 Å². The van der Waals surface area contributed by atoms with Gasteiger partial charge in [-0.05, 0) is 18.6 Å². The molecular formula is C15H23N3O. The average Bonchev–Trinajstić information content (AvgIpc) is 2.96. The highest BCUT2D eigenvalue weighted by Crippen LogP contribution is 2.35. The van der Waals surface area contributed by atoms with Crippen molar-refractivity contribution in [2.24, 2.45) is 11.7 Å². The maximum absolute atomic E-state index is 6.06. The predicted octanol–water partition coefficient (Wildman–Crippen LogP) is 1.31. The molecule has 2 heterocycles. The third kappa shape index (κ3) is 2.30. The Morgan fingerprint density at radius 3 is 2.79 bits per heavy atom. The highest BCUT2D eigenvalue weighted by Gasteiger charge is 2.32. The molecule has 0 spiro atoms. The van der Waals surface area contributed by atoms with Crippen LogP contribution >= 0.6 is 0 Å². The summed E-state index contributed by atoms with van der Waals surface area (Å²) < 4.78 is 5.55. The summed E-state index contributed by atoms with van der Waals surface area (Å²) >= 11 is 0. The van der Waals surface area contributed by atoms with E-state index in [2.05, 4.69) is 41.1 Å². The van der Waals surface area contributed by atoms with Gasteiger partial charge in [-0.2, -0.15) is 0 Å². The van der Waals surface area contributed by atoms with Crippen LogP contribution in [-0.2, 0) is 4.74 Å². The van der Waals surface area contributed by atoms with E-state index in [9.17, 15) is 0 Å². The second-order valence-corrected chi connectivity index (χ2v) is 5.53. The molecule has 1 fully saturated rings. The Labute approximate surface area is 115 Å². The van der Waals surface area contributed by atoms with Gasteiger partial charge in [0.15, 0.2) is 0 Å². The van der Waals surface area contributed by atoms with Gasteiger partial charge in [0.05, 0.1) is 18.0 Å². The number of hydrogen-bond acceptors (Lipinski definition) is 4. The number of benzene rings is 1. The summed E-state index contributed by atoms with van der Waals surface area (Å²) in [4.78, 5) is 4.82. The first-order chi connectivity index (χ1) is 9.31. The molecule has 2 unspecified atom stereocenters. The number of rotatable bonds is 3. The van der Waals surface area contributed by atoms with Gasteiger partial charge in [-0.1, -0.05) is 12.1 Å². The lowest BCUT2D eigenvalue weighted by Crippen LogP contribution is -2.51. The Kier molecular flexibility index (Phi) is 3.62. The fourth-order valence-corrected chi connectivity index (χ4v) is 3.30. The van der Waals surface area contributed by atoms with E-state index in [-0.39, 0.29) is 0 Å². The summed E-state index contributed by atoms with van der Waals surface area (Å²) in [5, 5.41) is 0. The van der Waals surface area contributed by atoms with Crippen LogP contribution in [0.3, 0.4) is 0 Å². The molecule has 0 aromatic heterocycles. The lowest BCUT2D eigenvalue weighted by Gasteiger charge is -2.43. The molecule has 0 amide bonds. The lowest BCUT2D eigenvalue weighted by atomic mass is 9.96. The molecule has 1 saturated heterocycles. The third-order valence-electron chi connectivity index (χ3n) is 4.43. The van der Waals surface area contributed by atoms with Gasteiger partial charge in [0, 0.05) is 45.2 Å². The Bertz CT molecular complexity index is 431. The van der Waals surface area contributed by atoms with Gasteiger partial charge in [-0.25, -0.2) is 0 Å². The quantitative estimate of drug-likeness (QED) is 0.890. The van der Waals surface area contributed by atoms with Crippen molar-refractivity contribution in [1.82, 2.24) is 0 Å². The first-order valence-corrected chi connectivity index (χ1v) is 7.16. The first-order valence-electron chi connectivity index (χ1n) is 7.16. The van der Waals surface area contributed by atoms with E-state index >= 15 is 0 Å². The number of fused-ring (bicyclic) bond motifs is 1. The summed E-state index contributed by atoms with van der Waals surface area (Å²) in [5.41, 5.74) is 8.69. The molecule has 4 heteroatoms. The Morgan fingerprint density at radius 2 is 2.11 bits per heavy atom. The highest BCUT2D eigenvalue weighted by molar-refractivity contribution is 5.73. The van der Waals surface area contributed by atoms with E-state index in [1.165, 1.54) is 11.4 Å². The monoisotopic (exact) mass is 261 g/mol. The minimum absolute atomic E-state index is 0.400. The van der Waals surface area contributed by atoms with E-state index < -0.39 is 0 Å². The molecule has 2 N–H and O–H groups in total. The summed E-state index contributed by atoms with van der Waals surface area (Å²) in [7, 11) is 2.16. The standard InChI is InChI=1S/C15H23N3O/c1-17-7-8-18(14-5-3-2-4-13(14)17)15(10-16)12-6-9-19-11-12/h2-5,12,15H,6-11,16H2,1H3. The van der Waals surface area contributed by atoms with Gasteiger partial charge >= 0.3 is 0 Å². The maximum Gasteiger partial charge on any atom is 0.0607 e. The molecule has 2 atom stereocenters. The largest absolute Gasteiger partial charge is 0.381 e. The summed E-state index contributed by atoms with van der Waals surface area (Å²) in [6.45, 7) is 4.55. The minimum Gasteiger partial charge on any atom is -0.381 e. The van der Waals surface area contributed by atoms with E-state index in [1.807, 2.05) is 0 Å². The van der Waals surface area contributed by atoms with Crippen LogP contribution in [0, 0.1) is 5.92 Å². The van der Waals surface area contributed by atoms with Crippen LogP contribution < -0.4 is 15.5 Å². The molecule has 0 saturated carbocycles. The van der Waals surface area contributed by atoms with Crippen molar-refractivity contribution in [1.29, 1.82) is 0 Å². The second kappa shape index (κ2) is 5.39. The number of anilines is 2. The maximum atomic E-state index is 6.06. The van der Waals surface area contributed by atoms with Crippen molar-refractivity contribution < 1.29 is 4.74 Å². The van der Waals surface area contributed by atoms with Gasteiger partial charge in [-0.15, -0.1) is 0 Å². The number of likely N-dealkylation sites (N-methyl/N-ethyl adjacent to an activating group) is 1. The van der Waals surface area contributed by atoms with Crippen LogP contribution in [0.1, 0.15) is 6.42 Å². The smallest absolute Gasteiger partial charge is 0.0607 e. The van der Waals surface area contributed by atoms with Crippen LogP contribution in [-0.4, -0.2) is 45.9 Å². The van der Waals surface area contributed by atoms with Crippen molar-refractivity contribution in [2.75, 3.05) is 49.7 Å². The number of nitrogens with two attached hydrogens (primary N) is 1. The molecule has 1 aromatic rings. The number of para-hydroxylation sites is 2. The van der Waals surface area contributed by atoms with Gasteiger partial charge in [0.1, 0.15) is 0 Å². The normalized spacial score (nSPS) is 24.4. The minimum atomic E-state index is 0.400. The SMILES string of the molecule is CN1CCN(C(CN)C2CCOC2)c2ccccc21. The average molecular weight is 261 g/mol. The van der Waals surface area contributed by atoms with Gasteiger partial charge in [-0.3, -0.25) is 0 Å². The molecule has 0 radical (unpaired) electrons. The van der Waals surface area contributed by atoms with E-state index in [0.29, 0.717) is 18.5 Å². The third-order valence-corrected chi connectivity index (χ3v) is 4.43. The fourth-order valence-electron chi connectivity index (χ4n) is 3.30. The molecular weight excluding hydrogens is 238 g/mol. The molecule has 1 aromatic carbocycles. The van der Waals surface area contributed by atoms with Crippen LogP contribution in [0.4, 0.5) is 11.4 Å². The summed E-state index contributed by atoms with van der Waals surface area (Å²) in [5.74, 6) is 0.571. The molecule has 19 heavy (non-hydrogen) atoms. The topological polar surface area (TPSA) is 41.7 Å². The molecule has 4 nitrogen and oxygen atoms in total. The summed E-state index contributed by atoms with van der Waals surface area (Å²) in [6, 6.07) is 9.03. The van der Waals surface area contributed by atoms with Gasteiger partial charge in [0.2, 0.25) is 0 Å². The molecule has 2 aliphatic heterocycles. The number of hydrogen-bond donors (Lipinski definition) is 1. The molecule has 0 aliphatic carbocycles. The molecule has 3 rings (SSSR count). The Morgan fingerprint density at radius 1 is 1.32 bits per heavy atom.